The number of fused-ring (bicyclic) bond motifs is 3. The topological polar surface area (TPSA) is 17.1 Å². The van der Waals surface area contributed by atoms with Gasteiger partial charge in [-0.25, -0.2) is 8.78 Å². The lowest BCUT2D eigenvalue weighted by Crippen LogP contribution is -2.18. The van der Waals surface area contributed by atoms with Crippen molar-refractivity contribution in [3.05, 3.63) is 273 Å². The molecule has 0 radical (unpaired) electrons. The Labute approximate surface area is 596 Å². The summed E-state index contributed by atoms with van der Waals surface area (Å²) in [5.74, 6) is 9.12. The van der Waals surface area contributed by atoms with Gasteiger partial charge in [0.25, 0.3) is 0 Å². The van der Waals surface area contributed by atoms with Crippen LogP contribution in [-0.4, -0.2) is 46.0 Å². The molecule has 15 rings (SSSR count). The van der Waals surface area contributed by atoms with Crippen LogP contribution in [0, 0.1) is 18.6 Å². The molecule has 0 aliphatic carbocycles. The van der Waals surface area contributed by atoms with E-state index in [2.05, 4.69) is 12.1 Å². The van der Waals surface area contributed by atoms with Gasteiger partial charge >= 0.3 is 24.7 Å². The first-order valence-corrected chi connectivity index (χ1v) is 41.9. The van der Waals surface area contributed by atoms with E-state index in [9.17, 15) is 66.3 Å². The Morgan fingerprint density at radius 3 is 1.06 bits per heavy atom. The summed E-state index contributed by atoms with van der Waals surface area (Å²) in [6, 6.07) is 59.3. The molecule has 9 aromatic carbocycles. The molecule has 6 heterocycles. The van der Waals surface area contributed by atoms with Gasteiger partial charge in [-0.2, -0.15) is 52.7 Å². The summed E-state index contributed by atoms with van der Waals surface area (Å²) in [6.45, 7) is 1.90. The molecule has 2 unspecified atom stereocenters. The van der Waals surface area contributed by atoms with Gasteiger partial charge in [0.1, 0.15) is 63.0 Å². The van der Waals surface area contributed by atoms with Crippen molar-refractivity contribution in [2.24, 2.45) is 0 Å². The van der Waals surface area contributed by atoms with Crippen LogP contribution in [0.25, 0.3) is 40.0 Å². The van der Waals surface area contributed by atoms with Crippen LogP contribution in [0.3, 0.4) is 0 Å². The van der Waals surface area contributed by atoms with Gasteiger partial charge in [0, 0.05) is 112 Å². The number of aryl methyl sites for hydroxylation is 1. The molecule has 21 heteroatoms. The molecule has 0 spiro atoms. The lowest BCUT2D eigenvalue weighted by atomic mass is 10.1. The van der Waals surface area contributed by atoms with Crippen LogP contribution in [0.15, 0.2) is 248 Å². The fourth-order valence-corrected chi connectivity index (χ4v) is 25.8. The summed E-state index contributed by atoms with van der Waals surface area (Å²) in [5, 5.41) is 4.19. The summed E-state index contributed by atoms with van der Waals surface area (Å²) < 4.78 is 181. The van der Waals surface area contributed by atoms with Crippen LogP contribution < -0.4 is 5.43 Å². The Bertz CT molecular complexity index is 4570. The first kappa shape index (κ1) is 76.9. The van der Waals surface area contributed by atoms with Crippen LogP contribution in [-0.2, 0) is 68.3 Å². The van der Waals surface area contributed by atoms with E-state index in [1.165, 1.54) is 132 Å². The zero-order valence-electron chi connectivity index (χ0n) is 55.2. The monoisotopic (exact) mass is 1510 g/mol. The number of alkyl halides is 12. The average molecular weight is 1510 g/mol. The highest BCUT2D eigenvalue weighted by Gasteiger charge is 2.38. The Kier molecular flexibility index (Phi) is 26.8. The predicted molar refractivity (Wildman–Crippen MR) is 397 cm³/mol. The molecule has 1 nitrogen and oxygen atoms in total. The van der Waals surface area contributed by atoms with E-state index in [1.54, 1.807) is 36.4 Å². The van der Waals surface area contributed by atoms with E-state index in [0.29, 0.717) is 42.4 Å². The minimum Gasteiger partial charge on any atom is -0.288 e. The van der Waals surface area contributed by atoms with Gasteiger partial charge < -0.3 is 0 Å². The second kappa shape index (κ2) is 35.2. The molecule has 530 valence electrons. The van der Waals surface area contributed by atoms with Crippen molar-refractivity contribution in [1.29, 1.82) is 0 Å². The number of rotatable bonds is 6. The van der Waals surface area contributed by atoms with Crippen molar-refractivity contribution in [2.45, 2.75) is 115 Å². The third-order valence-corrected chi connectivity index (χ3v) is 31.4. The molecule has 4 aliphatic heterocycles. The standard InChI is InChI=1S/C21H14F3OS.C15H10F3S.C12H14F3S.C11H12F3S.C11H14FS.C10H12FS/c1-13-9-10-19-17(11-13)20(25)16-7-2-3-8-18(16)26(19)15-6-4-5-14(12-15)21(22,23)24;16-15(17,18)12-5-3-6-13(10-12)19-9-8-11-4-1-2-7-14(11)19;13-12(14,15)10-5-4-6-11(9-10)16-7-2-1-3-8-16;12-11(13,14)9-4-3-5-10(8-9)15-6-1-2-7-15;12-10-5-4-6-11(9-10)13-7-2-1-3-8-13;11-9-4-3-5-10(8-9)12-6-1-2-7-12/h2-12H,1H3;1-10H;4-6,9H,1-3,7-8H2;3-5,8H,1-2,6-7H2;4-6,9H,1-3,7-8H2;3-5,8H,1-2,6-7H2/q6*+1. The van der Waals surface area contributed by atoms with E-state index in [4.69, 9.17) is 0 Å². The van der Waals surface area contributed by atoms with Crippen molar-refractivity contribution in [3.63, 3.8) is 0 Å². The highest BCUT2D eigenvalue weighted by molar-refractivity contribution is 7.97. The number of hydrogen-bond acceptors (Lipinski definition) is 1. The fourth-order valence-electron chi connectivity index (χ4n) is 12.1. The van der Waals surface area contributed by atoms with Crippen molar-refractivity contribution in [3.8, 4) is 9.79 Å². The molecule has 2 atom stereocenters. The van der Waals surface area contributed by atoms with Crippen molar-refractivity contribution < 1.29 is 61.5 Å². The molecular weight excluding hydrogens is 1440 g/mol. The van der Waals surface area contributed by atoms with Crippen molar-refractivity contribution in [2.75, 3.05) is 46.0 Å². The minimum atomic E-state index is -4.40. The number of benzene rings is 9. The van der Waals surface area contributed by atoms with Gasteiger partial charge in [0.05, 0.1) is 33.0 Å². The lowest BCUT2D eigenvalue weighted by molar-refractivity contribution is -0.138. The Morgan fingerprint density at radius 2 is 0.634 bits per heavy atom. The number of thiophene rings is 1. The van der Waals surface area contributed by atoms with Crippen LogP contribution in [0.4, 0.5) is 61.5 Å². The average Bonchev–Trinajstić information content (AvgIpc) is 1.42. The maximum absolute atomic E-state index is 13.2. The predicted octanol–water partition coefficient (Wildman–Crippen LogP) is 24.9. The maximum atomic E-state index is 13.2. The molecule has 101 heavy (non-hydrogen) atoms. The molecule has 0 amide bonds. The summed E-state index contributed by atoms with van der Waals surface area (Å²) >= 11 is 0. The maximum Gasteiger partial charge on any atom is 0.416 e. The smallest absolute Gasteiger partial charge is 0.288 e. The highest BCUT2D eigenvalue weighted by Crippen LogP contribution is 2.46. The molecule has 0 bridgehead atoms. The van der Waals surface area contributed by atoms with E-state index >= 15 is 0 Å². The Hall–Kier alpha value is -6.75. The van der Waals surface area contributed by atoms with Gasteiger partial charge in [-0.15, -0.1) is 0 Å². The molecule has 2 aromatic heterocycles. The summed E-state index contributed by atoms with van der Waals surface area (Å²) in [6.07, 6.45) is -4.64. The molecule has 0 saturated carbocycles. The highest BCUT2D eigenvalue weighted by atomic mass is 32.2. The van der Waals surface area contributed by atoms with Gasteiger partial charge in [-0.1, -0.05) is 66.7 Å². The van der Waals surface area contributed by atoms with E-state index < -0.39 is 67.9 Å². The molecule has 4 saturated heterocycles. The number of halogens is 14. The quantitative estimate of drug-likeness (QED) is 0.0921. The Balaban J connectivity index is 0.000000133. The normalized spacial score (nSPS) is 16.0. The second-order valence-corrected chi connectivity index (χ2v) is 37.4. The third kappa shape index (κ3) is 21.2. The van der Waals surface area contributed by atoms with Gasteiger partial charge in [0.2, 0.25) is 5.43 Å². The molecule has 4 fully saturated rings. The largest absolute Gasteiger partial charge is 0.416 e. The molecule has 4 aliphatic rings. The van der Waals surface area contributed by atoms with Gasteiger partial charge in [-0.3, -0.25) is 4.79 Å². The van der Waals surface area contributed by atoms with Crippen molar-refractivity contribution >= 4 is 94.8 Å². The summed E-state index contributed by atoms with van der Waals surface area (Å²) in [5.41, 5.74) is -1.41. The van der Waals surface area contributed by atoms with Gasteiger partial charge in [-0.05, 0) is 186 Å². The SMILES string of the molecule is Cc1ccc2c(c1)c(=O)c1ccccc1[s+]2-c1cccc(C(F)(F)F)c1.FC(F)(F)c1cccc(-[s+]2ccc3ccccc32)c1.FC(F)(F)c1cccc([S+]2CCCC2)c1.FC(F)(F)c1cccc([S+]2CCCCC2)c1.Fc1cccc([S+]2CCCC2)c1.Fc1cccc([S+]2CCCCC2)c1. The van der Waals surface area contributed by atoms with Crippen LogP contribution in [0.5, 0.6) is 0 Å². The van der Waals surface area contributed by atoms with E-state index in [0.717, 1.165) is 108 Å². The van der Waals surface area contributed by atoms with E-state index in [-0.39, 0.29) is 38.9 Å². The van der Waals surface area contributed by atoms with Crippen molar-refractivity contribution in [1.82, 2.24) is 0 Å². The Morgan fingerprint density at radius 1 is 0.297 bits per heavy atom. The van der Waals surface area contributed by atoms with Crippen LogP contribution >= 0.6 is 20.9 Å². The molecule has 0 N–H and O–H groups in total. The van der Waals surface area contributed by atoms with Gasteiger partial charge in [0.15, 0.2) is 43.5 Å². The molecular formula is C80H76F14OS6+6. The zero-order valence-corrected chi connectivity index (χ0v) is 60.1. The summed E-state index contributed by atoms with van der Waals surface area (Å²) in [4.78, 5) is 18.4. The minimum absolute atomic E-state index is 0.0469. The first-order valence-electron chi connectivity index (χ1n) is 33.2. The zero-order chi connectivity index (χ0) is 71.9. The number of hydrogen-bond donors (Lipinski definition) is 0. The molecule has 11 aromatic rings. The van der Waals surface area contributed by atoms with E-state index in [1.807, 2.05) is 97.2 Å². The van der Waals surface area contributed by atoms with Crippen LogP contribution in [0.2, 0.25) is 0 Å². The lowest BCUT2D eigenvalue weighted by Gasteiger charge is -2.14. The van der Waals surface area contributed by atoms with Crippen LogP contribution in [0.1, 0.15) is 92.0 Å². The first-order chi connectivity index (χ1) is 48.3. The third-order valence-electron chi connectivity index (χ3n) is 17.2. The fraction of sp³-hybridized carbons (Fsp3) is 0.287. The second-order valence-electron chi connectivity index (χ2n) is 24.5. The summed E-state index contributed by atoms with van der Waals surface area (Å²) in [7, 11) is -0.332.